The molecule has 0 unspecified atom stereocenters. The van der Waals surface area contributed by atoms with Gasteiger partial charge < -0.3 is 19.7 Å². The number of anilines is 1. The number of hydrogen-bond acceptors (Lipinski definition) is 6. The van der Waals surface area contributed by atoms with Gasteiger partial charge in [0.15, 0.2) is 5.82 Å². The molecule has 2 heterocycles. The van der Waals surface area contributed by atoms with E-state index in [1.54, 1.807) is 14.2 Å². The molecular formula is C25H28N4O3. The standard InChI is InChI=1S/C25H28N4O3/c1-31-21-11-10-19(23(15-21)32-2)16-26-25(30)20-9-6-14-29(17-20)24-13-12-22(27-28-24)18-7-4-3-5-8-18/h3-5,7-8,10-13,15,20H,6,9,14,16-17H2,1-2H3,(H,26,30)/t20-/m0/s1. The van der Waals surface area contributed by atoms with Gasteiger partial charge in [-0.25, -0.2) is 0 Å². The van der Waals surface area contributed by atoms with Crippen LogP contribution in [0.5, 0.6) is 11.5 Å². The largest absolute Gasteiger partial charge is 0.497 e. The molecule has 0 radical (unpaired) electrons. The number of hydrogen-bond donors (Lipinski definition) is 1. The molecule has 1 amide bonds. The maximum Gasteiger partial charge on any atom is 0.225 e. The van der Waals surface area contributed by atoms with Crippen molar-refractivity contribution in [3.05, 3.63) is 66.2 Å². The number of nitrogens with one attached hydrogen (secondary N) is 1. The molecule has 32 heavy (non-hydrogen) atoms. The molecule has 0 aliphatic carbocycles. The lowest BCUT2D eigenvalue weighted by Crippen LogP contribution is -2.43. The van der Waals surface area contributed by atoms with Gasteiger partial charge >= 0.3 is 0 Å². The lowest BCUT2D eigenvalue weighted by molar-refractivity contribution is -0.125. The minimum atomic E-state index is -0.0939. The van der Waals surface area contributed by atoms with Gasteiger partial charge in [0, 0.05) is 36.8 Å². The van der Waals surface area contributed by atoms with Gasteiger partial charge in [-0.3, -0.25) is 4.79 Å². The molecule has 1 aliphatic heterocycles. The Kier molecular flexibility index (Phi) is 6.84. The Morgan fingerprint density at radius 1 is 1.06 bits per heavy atom. The average molecular weight is 433 g/mol. The Balaban J connectivity index is 1.37. The summed E-state index contributed by atoms with van der Waals surface area (Å²) in [6, 6.07) is 19.6. The molecule has 0 spiro atoms. The fourth-order valence-corrected chi connectivity index (χ4v) is 3.98. The lowest BCUT2D eigenvalue weighted by atomic mass is 9.97. The highest BCUT2D eigenvalue weighted by Crippen LogP contribution is 2.26. The Morgan fingerprint density at radius 2 is 1.91 bits per heavy atom. The number of nitrogens with zero attached hydrogens (tertiary/aromatic N) is 3. The van der Waals surface area contributed by atoms with E-state index in [2.05, 4.69) is 20.4 Å². The first-order valence-corrected chi connectivity index (χ1v) is 10.8. The van der Waals surface area contributed by atoms with Crippen molar-refractivity contribution in [1.82, 2.24) is 15.5 Å². The van der Waals surface area contributed by atoms with Crippen LogP contribution in [-0.2, 0) is 11.3 Å². The van der Waals surface area contributed by atoms with Gasteiger partial charge in [0.1, 0.15) is 11.5 Å². The summed E-state index contributed by atoms with van der Waals surface area (Å²) in [5.74, 6) is 2.17. The van der Waals surface area contributed by atoms with Gasteiger partial charge in [-0.1, -0.05) is 30.3 Å². The molecule has 1 aliphatic rings. The molecule has 4 rings (SSSR count). The third-order valence-electron chi connectivity index (χ3n) is 5.78. The Morgan fingerprint density at radius 3 is 2.62 bits per heavy atom. The predicted molar refractivity (Wildman–Crippen MR) is 124 cm³/mol. The van der Waals surface area contributed by atoms with Crippen LogP contribution < -0.4 is 19.7 Å². The molecule has 3 aromatic rings. The Hall–Kier alpha value is -3.61. The molecule has 1 atom stereocenters. The first kappa shape index (κ1) is 21.6. The quantitative estimate of drug-likeness (QED) is 0.614. The fraction of sp³-hybridized carbons (Fsp3) is 0.320. The van der Waals surface area contributed by atoms with Gasteiger partial charge in [-0.15, -0.1) is 10.2 Å². The van der Waals surface area contributed by atoms with E-state index in [0.717, 1.165) is 47.8 Å². The van der Waals surface area contributed by atoms with Crippen molar-refractivity contribution in [2.75, 3.05) is 32.2 Å². The van der Waals surface area contributed by atoms with Crippen molar-refractivity contribution < 1.29 is 14.3 Å². The molecule has 0 bridgehead atoms. The maximum atomic E-state index is 12.9. The number of piperidine rings is 1. The summed E-state index contributed by atoms with van der Waals surface area (Å²) >= 11 is 0. The summed E-state index contributed by atoms with van der Waals surface area (Å²) in [6.07, 6.45) is 1.80. The Bertz CT molecular complexity index is 1040. The monoisotopic (exact) mass is 432 g/mol. The van der Waals surface area contributed by atoms with Crippen LogP contribution in [0, 0.1) is 5.92 Å². The smallest absolute Gasteiger partial charge is 0.225 e. The number of amides is 1. The number of aromatic nitrogens is 2. The normalized spacial score (nSPS) is 15.8. The summed E-state index contributed by atoms with van der Waals surface area (Å²) < 4.78 is 10.7. The van der Waals surface area contributed by atoms with Crippen LogP contribution in [0.3, 0.4) is 0 Å². The van der Waals surface area contributed by atoms with Crippen molar-refractivity contribution in [1.29, 1.82) is 0 Å². The summed E-state index contributed by atoms with van der Waals surface area (Å²) in [5, 5.41) is 11.9. The molecule has 166 valence electrons. The van der Waals surface area contributed by atoms with Crippen molar-refractivity contribution >= 4 is 11.7 Å². The fourth-order valence-electron chi connectivity index (χ4n) is 3.98. The van der Waals surface area contributed by atoms with E-state index in [0.29, 0.717) is 18.8 Å². The molecule has 1 fully saturated rings. The minimum Gasteiger partial charge on any atom is -0.497 e. The van der Waals surface area contributed by atoms with Crippen LogP contribution in [0.15, 0.2) is 60.7 Å². The van der Waals surface area contributed by atoms with E-state index in [1.165, 1.54) is 0 Å². The number of benzene rings is 2. The third kappa shape index (κ3) is 4.99. The summed E-state index contributed by atoms with van der Waals surface area (Å²) in [4.78, 5) is 15.0. The van der Waals surface area contributed by atoms with Crippen molar-refractivity contribution in [2.45, 2.75) is 19.4 Å². The second-order valence-corrected chi connectivity index (χ2v) is 7.82. The van der Waals surface area contributed by atoms with E-state index < -0.39 is 0 Å². The lowest BCUT2D eigenvalue weighted by Gasteiger charge is -2.32. The third-order valence-corrected chi connectivity index (χ3v) is 5.78. The number of carbonyl (C=O) groups excluding carboxylic acids is 1. The van der Waals surface area contributed by atoms with Crippen LogP contribution in [0.1, 0.15) is 18.4 Å². The molecule has 7 nitrogen and oxygen atoms in total. The molecule has 1 N–H and O–H groups in total. The van der Waals surface area contributed by atoms with E-state index in [1.807, 2.05) is 60.7 Å². The van der Waals surface area contributed by atoms with Gasteiger partial charge in [0.25, 0.3) is 0 Å². The minimum absolute atomic E-state index is 0.0430. The maximum absolute atomic E-state index is 12.9. The van der Waals surface area contributed by atoms with Crippen LogP contribution in [0.4, 0.5) is 5.82 Å². The highest BCUT2D eigenvalue weighted by atomic mass is 16.5. The summed E-state index contributed by atoms with van der Waals surface area (Å²) in [7, 11) is 3.23. The average Bonchev–Trinajstić information content (AvgIpc) is 2.87. The topological polar surface area (TPSA) is 76.6 Å². The molecular weight excluding hydrogens is 404 g/mol. The second kappa shape index (κ2) is 10.1. The van der Waals surface area contributed by atoms with Crippen LogP contribution in [0.2, 0.25) is 0 Å². The predicted octanol–water partition coefficient (Wildman–Crippen LogP) is 3.69. The zero-order valence-corrected chi connectivity index (χ0v) is 18.5. The zero-order chi connectivity index (χ0) is 22.3. The van der Waals surface area contributed by atoms with E-state index in [-0.39, 0.29) is 11.8 Å². The number of carbonyl (C=O) groups is 1. The van der Waals surface area contributed by atoms with Gasteiger partial charge in [-0.05, 0) is 37.1 Å². The van der Waals surface area contributed by atoms with Crippen molar-refractivity contribution in [2.24, 2.45) is 5.92 Å². The van der Waals surface area contributed by atoms with Crippen molar-refractivity contribution in [3.8, 4) is 22.8 Å². The highest BCUT2D eigenvalue weighted by Gasteiger charge is 2.26. The molecule has 1 aromatic heterocycles. The van der Waals surface area contributed by atoms with E-state index >= 15 is 0 Å². The summed E-state index contributed by atoms with van der Waals surface area (Å²) in [6.45, 7) is 1.91. The van der Waals surface area contributed by atoms with Crippen molar-refractivity contribution in [3.63, 3.8) is 0 Å². The van der Waals surface area contributed by atoms with Crippen LogP contribution >= 0.6 is 0 Å². The molecule has 1 saturated heterocycles. The SMILES string of the molecule is COc1ccc(CNC(=O)[C@H]2CCCN(c3ccc(-c4ccccc4)nn3)C2)c(OC)c1. The zero-order valence-electron chi connectivity index (χ0n) is 18.5. The van der Waals surface area contributed by atoms with E-state index in [4.69, 9.17) is 9.47 Å². The van der Waals surface area contributed by atoms with Crippen LogP contribution in [0.25, 0.3) is 11.3 Å². The summed E-state index contributed by atoms with van der Waals surface area (Å²) in [5.41, 5.74) is 2.79. The molecule has 0 saturated carbocycles. The molecule has 2 aromatic carbocycles. The van der Waals surface area contributed by atoms with Gasteiger partial charge in [-0.2, -0.15) is 0 Å². The molecule has 7 heteroatoms. The second-order valence-electron chi connectivity index (χ2n) is 7.82. The Labute approximate surface area is 188 Å². The number of methoxy groups -OCH3 is 2. The number of ether oxygens (including phenoxy) is 2. The van der Waals surface area contributed by atoms with Gasteiger partial charge in [0.2, 0.25) is 5.91 Å². The first-order valence-electron chi connectivity index (χ1n) is 10.8. The van der Waals surface area contributed by atoms with Gasteiger partial charge in [0.05, 0.1) is 25.8 Å². The van der Waals surface area contributed by atoms with Crippen LogP contribution in [-0.4, -0.2) is 43.4 Å². The first-order chi connectivity index (χ1) is 15.7. The van der Waals surface area contributed by atoms with E-state index in [9.17, 15) is 4.79 Å². The number of rotatable bonds is 7. The highest BCUT2D eigenvalue weighted by molar-refractivity contribution is 5.79.